The van der Waals surface area contributed by atoms with Gasteiger partial charge in [0.05, 0.1) is 25.0 Å². The van der Waals surface area contributed by atoms with Crippen molar-refractivity contribution in [3.63, 3.8) is 0 Å². The highest BCUT2D eigenvalue weighted by Crippen LogP contribution is 2.30. The molecule has 1 N–H and O–H groups in total. The van der Waals surface area contributed by atoms with Gasteiger partial charge < -0.3 is 14.8 Å². The molecular formula is C29H28ClN3O5S. The lowest BCUT2D eigenvalue weighted by atomic mass is 10.1. The molecule has 4 rings (SSSR count). The number of benzene rings is 3. The van der Waals surface area contributed by atoms with E-state index in [0.29, 0.717) is 40.1 Å². The summed E-state index contributed by atoms with van der Waals surface area (Å²) < 4.78 is 10.2. The summed E-state index contributed by atoms with van der Waals surface area (Å²) in [4.78, 5) is 44.6. The predicted molar refractivity (Wildman–Crippen MR) is 154 cm³/mol. The maximum absolute atomic E-state index is 13.3. The maximum atomic E-state index is 13.3. The lowest BCUT2D eigenvalue weighted by Gasteiger charge is -2.32. The number of nitrogens with zero attached hydrogens (tertiary/aromatic N) is 2. The molecule has 1 saturated heterocycles. The molecule has 0 radical (unpaired) electrons. The van der Waals surface area contributed by atoms with Gasteiger partial charge in [0.1, 0.15) is 11.0 Å². The maximum Gasteiger partial charge on any atom is 0.338 e. The average Bonchev–Trinajstić information content (AvgIpc) is 2.94. The molecule has 1 aliphatic heterocycles. The minimum absolute atomic E-state index is 0.0274. The van der Waals surface area contributed by atoms with E-state index in [1.54, 1.807) is 67.5 Å². The zero-order chi connectivity index (χ0) is 27.8. The quantitative estimate of drug-likeness (QED) is 0.333. The van der Waals surface area contributed by atoms with Crippen LogP contribution in [-0.4, -0.2) is 53.4 Å². The van der Waals surface area contributed by atoms with Gasteiger partial charge in [-0.2, -0.15) is 0 Å². The minimum atomic E-state index is -0.675. The van der Waals surface area contributed by atoms with E-state index in [1.165, 1.54) is 11.8 Å². The molecule has 1 fully saturated rings. The number of esters is 1. The number of aliphatic imine (C=N–C) groups is 1. The Kier molecular flexibility index (Phi) is 9.62. The van der Waals surface area contributed by atoms with E-state index in [-0.39, 0.29) is 24.8 Å². The van der Waals surface area contributed by atoms with Gasteiger partial charge in [0, 0.05) is 23.7 Å². The smallest absolute Gasteiger partial charge is 0.338 e. The first-order chi connectivity index (χ1) is 18.9. The molecule has 2 amide bonds. The molecule has 8 nitrogen and oxygen atoms in total. The van der Waals surface area contributed by atoms with Gasteiger partial charge in [-0.15, -0.1) is 0 Å². The van der Waals surface area contributed by atoms with Crippen molar-refractivity contribution in [2.75, 3.05) is 25.6 Å². The highest BCUT2D eigenvalue weighted by molar-refractivity contribution is 8.15. The van der Waals surface area contributed by atoms with E-state index < -0.39 is 11.2 Å². The molecule has 1 unspecified atom stereocenters. The Bertz CT molecular complexity index is 1340. The molecule has 39 heavy (non-hydrogen) atoms. The molecule has 0 spiro atoms. The Morgan fingerprint density at radius 1 is 1.05 bits per heavy atom. The Labute approximate surface area is 236 Å². The van der Waals surface area contributed by atoms with Gasteiger partial charge in [0.25, 0.3) is 0 Å². The molecule has 0 aromatic heterocycles. The fraction of sp³-hybridized carbons (Fsp3) is 0.241. The molecule has 1 atom stereocenters. The van der Waals surface area contributed by atoms with Crippen LogP contribution in [0.1, 0.15) is 29.3 Å². The van der Waals surface area contributed by atoms with Crippen molar-refractivity contribution in [1.82, 2.24) is 4.90 Å². The molecule has 3 aromatic carbocycles. The van der Waals surface area contributed by atoms with Crippen molar-refractivity contribution in [1.29, 1.82) is 0 Å². The fourth-order valence-corrected chi connectivity index (χ4v) is 5.10. The van der Waals surface area contributed by atoms with Crippen LogP contribution in [0.5, 0.6) is 5.75 Å². The van der Waals surface area contributed by atoms with E-state index in [4.69, 9.17) is 26.1 Å². The topological polar surface area (TPSA) is 97.3 Å². The van der Waals surface area contributed by atoms with Crippen LogP contribution in [0.2, 0.25) is 5.02 Å². The summed E-state index contributed by atoms with van der Waals surface area (Å²) in [6.07, 6.45) is 0.638. The predicted octanol–water partition coefficient (Wildman–Crippen LogP) is 5.73. The van der Waals surface area contributed by atoms with E-state index in [1.807, 2.05) is 24.3 Å². The van der Waals surface area contributed by atoms with Crippen LogP contribution in [0, 0.1) is 0 Å². The number of rotatable bonds is 9. The number of carbonyl (C=O) groups is 3. The first-order valence-corrected chi connectivity index (χ1v) is 13.6. The Balaban J connectivity index is 1.49. The normalized spacial score (nSPS) is 16.2. The molecule has 3 aromatic rings. The second-order valence-electron chi connectivity index (χ2n) is 8.61. The lowest BCUT2D eigenvalue weighted by molar-refractivity contribution is -0.129. The number of nitrogens with one attached hydrogen (secondary N) is 1. The number of methoxy groups -OCH3 is 1. The van der Waals surface area contributed by atoms with Gasteiger partial charge in [-0.3, -0.25) is 14.5 Å². The van der Waals surface area contributed by atoms with E-state index >= 15 is 0 Å². The summed E-state index contributed by atoms with van der Waals surface area (Å²) >= 11 is 7.27. The first-order valence-electron chi connectivity index (χ1n) is 12.4. The third-order valence-corrected chi connectivity index (χ3v) is 7.37. The lowest BCUT2D eigenvalue weighted by Crippen LogP contribution is -2.46. The zero-order valence-electron chi connectivity index (χ0n) is 21.6. The first kappa shape index (κ1) is 28.2. The number of thioether (sulfide) groups is 1. The van der Waals surface area contributed by atoms with Crippen molar-refractivity contribution in [3.05, 3.63) is 88.9 Å². The number of halogens is 1. The summed E-state index contributed by atoms with van der Waals surface area (Å²) in [6, 6.07) is 21.1. The molecule has 202 valence electrons. The van der Waals surface area contributed by atoms with Gasteiger partial charge in [-0.1, -0.05) is 35.5 Å². The summed E-state index contributed by atoms with van der Waals surface area (Å²) in [6.45, 7) is 2.43. The molecule has 0 bridgehead atoms. The zero-order valence-corrected chi connectivity index (χ0v) is 23.1. The van der Waals surface area contributed by atoms with Crippen LogP contribution >= 0.6 is 23.4 Å². The summed E-state index contributed by atoms with van der Waals surface area (Å²) in [7, 11) is 1.61. The number of hydrogen-bond donors (Lipinski definition) is 1. The van der Waals surface area contributed by atoms with Crippen LogP contribution in [0.4, 0.5) is 11.4 Å². The van der Waals surface area contributed by atoms with Crippen LogP contribution in [0.25, 0.3) is 0 Å². The van der Waals surface area contributed by atoms with Gasteiger partial charge in [-0.25, -0.2) is 9.79 Å². The van der Waals surface area contributed by atoms with Crippen molar-refractivity contribution < 1.29 is 23.9 Å². The second kappa shape index (κ2) is 13.3. The van der Waals surface area contributed by atoms with Gasteiger partial charge in [0.2, 0.25) is 11.8 Å². The molecule has 1 aliphatic rings. The largest absolute Gasteiger partial charge is 0.497 e. The van der Waals surface area contributed by atoms with Crippen LogP contribution in [0.3, 0.4) is 0 Å². The van der Waals surface area contributed by atoms with Gasteiger partial charge in [0.15, 0.2) is 5.17 Å². The van der Waals surface area contributed by atoms with E-state index in [0.717, 1.165) is 11.3 Å². The van der Waals surface area contributed by atoms with Gasteiger partial charge in [-0.05, 0) is 79.6 Å². The number of amides is 2. The van der Waals surface area contributed by atoms with Crippen LogP contribution in [0.15, 0.2) is 77.8 Å². The highest BCUT2D eigenvalue weighted by atomic mass is 35.5. The molecule has 0 saturated carbocycles. The summed E-state index contributed by atoms with van der Waals surface area (Å²) in [5.74, 6) is -0.178. The Hall–Kier alpha value is -3.82. The second-order valence-corrected chi connectivity index (χ2v) is 10.2. The Morgan fingerprint density at radius 2 is 1.74 bits per heavy atom. The number of ether oxygens (including phenoxy) is 2. The van der Waals surface area contributed by atoms with E-state index in [2.05, 4.69) is 5.32 Å². The van der Waals surface area contributed by atoms with E-state index in [9.17, 15) is 14.4 Å². The van der Waals surface area contributed by atoms with Crippen molar-refractivity contribution in [2.24, 2.45) is 4.99 Å². The number of hydrogen-bond acceptors (Lipinski definition) is 7. The number of anilines is 1. The van der Waals surface area contributed by atoms with Crippen molar-refractivity contribution >= 4 is 57.7 Å². The molecular weight excluding hydrogens is 538 g/mol. The highest BCUT2D eigenvalue weighted by Gasteiger charge is 2.35. The monoisotopic (exact) mass is 565 g/mol. The van der Waals surface area contributed by atoms with Crippen LogP contribution < -0.4 is 10.1 Å². The standard InChI is InChI=1S/C29H28ClN3O5S/c1-3-38-28(36)20-6-10-22(11-7-20)31-27(35)25-18-26(34)33(17-16-19-4-14-24(37-2)15-5-19)29(39-25)32-23-12-8-21(30)9-13-23/h4-15,25H,3,16-18H2,1-2H3,(H,31,35). The third kappa shape index (κ3) is 7.61. The van der Waals surface area contributed by atoms with Crippen LogP contribution in [-0.2, 0) is 20.7 Å². The third-order valence-electron chi connectivity index (χ3n) is 5.93. The molecule has 0 aliphatic carbocycles. The Morgan fingerprint density at radius 3 is 2.38 bits per heavy atom. The fourth-order valence-electron chi connectivity index (χ4n) is 3.85. The summed E-state index contributed by atoms with van der Waals surface area (Å²) in [5, 5.41) is 3.19. The number of carbonyl (C=O) groups excluding carboxylic acids is 3. The SMILES string of the molecule is CCOC(=O)c1ccc(NC(=O)C2CC(=O)N(CCc3ccc(OC)cc3)C(=Nc3ccc(Cl)cc3)S2)cc1. The average molecular weight is 566 g/mol. The molecule has 10 heteroatoms. The van der Waals surface area contributed by atoms with Crippen molar-refractivity contribution in [2.45, 2.75) is 25.0 Å². The van der Waals surface area contributed by atoms with Gasteiger partial charge >= 0.3 is 5.97 Å². The number of amidine groups is 1. The van der Waals surface area contributed by atoms with Crippen molar-refractivity contribution in [3.8, 4) is 5.75 Å². The minimum Gasteiger partial charge on any atom is -0.497 e. The molecule has 1 heterocycles. The summed E-state index contributed by atoms with van der Waals surface area (Å²) in [5.41, 5.74) is 2.58.